The minimum absolute atomic E-state index is 0.630. The van der Waals surface area contributed by atoms with Crippen LogP contribution < -0.4 is 5.32 Å². The van der Waals surface area contributed by atoms with Crippen LogP contribution >= 0.6 is 11.6 Å². The van der Waals surface area contributed by atoms with Gasteiger partial charge in [-0.1, -0.05) is 37.1 Å². The first kappa shape index (κ1) is 16.8. The minimum atomic E-state index is 0.630. The summed E-state index contributed by atoms with van der Waals surface area (Å²) >= 11 is 6.09. The summed E-state index contributed by atoms with van der Waals surface area (Å²) in [5.41, 5.74) is 1.33. The quantitative estimate of drug-likeness (QED) is 0.609. The molecule has 1 N–H and O–H groups in total. The van der Waals surface area contributed by atoms with Crippen molar-refractivity contribution in [2.24, 2.45) is 5.92 Å². The number of hydrogen-bond donors (Lipinski definition) is 1. The highest BCUT2D eigenvalue weighted by Crippen LogP contribution is 2.21. The van der Waals surface area contributed by atoms with E-state index in [0.29, 0.717) is 5.92 Å². The second-order valence-electron chi connectivity index (χ2n) is 6.14. The highest BCUT2D eigenvalue weighted by molar-refractivity contribution is 6.30. The smallest absolute Gasteiger partial charge is 0.0469 e. The predicted molar refractivity (Wildman–Crippen MR) is 90.0 cm³/mol. The van der Waals surface area contributed by atoms with E-state index in [-0.39, 0.29) is 0 Å². The van der Waals surface area contributed by atoms with E-state index in [0.717, 1.165) is 43.7 Å². The van der Waals surface area contributed by atoms with Gasteiger partial charge in [0, 0.05) is 24.3 Å². The lowest BCUT2D eigenvalue weighted by Gasteiger charge is -2.18. The van der Waals surface area contributed by atoms with E-state index in [1.807, 2.05) is 12.1 Å². The van der Waals surface area contributed by atoms with Gasteiger partial charge in [0.25, 0.3) is 0 Å². The molecule has 2 nitrogen and oxygen atoms in total. The Kier molecular flexibility index (Phi) is 7.56. The standard InChI is InChI=1S/C18H28ClNO/c1-2-3-10-21-11-9-16(14-20-18-7-8-18)12-15-5-4-6-17(19)13-15/h4-6,13,16,18,20H,2-3,7-12,14H2,1H3. The Balaban J connectivity index is 1.76. The summed E-state index contributed by atoms with van der Waals surface area (Å²) in [5.74, 6) is 0.630. The fourth-order valence-electron chi connectivity index (χ4n) is 2.49. The van der Waals surface area contributed by atoms with E-state index in [1.165, 1.54) is 31.2 Å². The molecule has 1 atom stereocenters. The van der Waals surface area contributed by atoms with Crippen molar-refractivity contribution in [1.29, 1.82) is 0 Å². The molecule has 1 saturated carbocycles. The highest BCUT2D eigenvalue weighted by atomic mass is 35.5. The van der Waals surface area contributed by atoms with Crippen LogP contribution in [0, 0.1) is 5.92 Å². The molecule has 0 amide bonds. The number of hydrogen-bond acceptors (Lipinski definition) is 2. The Morgan fingerprint density at radius 3 is 2.90 bits per heavy atom. The molecule has 1 aromatic carbocycles. The van der Waals surface area contributed by atoms with Gasteiger partial charge >= 0.3 is 0 Å². The van der Waals surface area contributed by atoms with Crippen molar-refractivity contribution < 1.29 is 4.74 Å². The molecule has 21 heavy (non-hydrogen) atoms. The van der Waals surface area contributed by atoms with Gasteiger partial charge in [-0.15, -0.1) is 0 Å². The number of benzene rings is 1. The molecule has 1 unspecified atom stereocenters. The monoisotopic (exact) mass is 309 g/mol. The lowest BCUT2D eigenvalue weighted by Crippen LogP contribution is -2.27. The van der Waals surface area contributed by atoms with Gasteiger partial charge in [-0.2, -0.15) is 0 Å². The number of unbranched alkanes of at least 4 members (excludes halogenated alkanes) is 1. The average Bonchev–Trinajstić information content (AvgIpc) is 3.28. The van der Waals surface area contributed by atoms with Gasteiger partial charge in [-0.25, -0.2) is 0 Å². The molecule has 0 spiro atoms. The van der Waals surface area contributed by atoms with E-state index in [4.69, 9.17) is 16.3 Å². The zero-order valence-corrected chi connectivity index (χ0v) is 13.9. The van der Waals surface area contributed by atoms with E-state index in [2.05, 4.69) is 24.4 Å². The maximum absolute atomic E-state index is 6.09. The van der Waals surface area contributed by atoms with E-state index in [9.17, 15) is 0 Å². The molecule has 118 valence electrons. The summed E-state index contributed by atoms with van der Waals surface area (Å²) in [5, 5.41) is 4.49. The molecule has 3 heteroatoms. The van der Waals surface area contributed by atoms with Crippen molar-refractivity contribution in [2.75, 3.05) is 19.8 Å². The molecule has 0 bridgehead atoms. The number of ether oxygens (including phenoxy) is 1. The Bertz CT molecular complexity index is 406. The van der Waals surface area contributed by atoms with Gasteiger partial charge in [0.15, 0.2) is 0 Å². The summed E-state index contributed by atoms with van der Waals surface area (Å²) in [6.07, 6.45) is 7.26. The fraction of sp³-hybridized carbons (Fsp3) is 0.667. The van der Waals surface area contributed by atoms with Crippen molar-refractivity contribution in [3.63, 3.8) is 0 Å². The van der Waals surface area contributed by atoms with E-state index >= 15 is 0 Å². The first-order chi connectivity index (χ1) is 10.3. The summed E-state index contributed by atoms with van der Waals surface area (Å²) < 4.78 is 5.73. The largest absolute Gasteiger partial charge is 0.381 e. The van der Waals surface area contributed by atoms with Crippen molar-refractivity contribution in [1.82, 2.24) is 5.32 Å². The fourth-order valence-corrected chi connectivity index (χ4v) is 2.71. The molecule has 2 rings (SSSR count). The maximum Gasteiger partial charge on any atom is 0.0469 e. The third-order valence-corrected chi connectivity index (χ3v) is 4.23. The number of halogens is 1. The van der Waals surface area contributed by atoms with Crippen molar-refractivity contribution >= 4 is 11.6 Å². The minimum Gasteiger partial charge on any atom is -0.381 e. The third-order valence-electron chi connectivity index (χ3n) is 4.00. The van der Waals surface area contributed by atoms with Gasteiger partial charge in [0.2, 0.25) is 0 Å². The molecule has 1 aromatic rings. The summed E-state index contributed by atoms with van der Waals surface area (Å²) in [6, 6.07) is 9.02. The van der Waals surface area contributed by atoms with Gasteiger partial charge < -0.3 is 10.1 Å². The van der Waals surface area contributed by atoms with Crippen LogP contribution in [0.2, 0.25) is 5.02 Å². The van der Waals surface area contributed by atoms with Crippen LogP contribution in [-0.4, -0.2) is 25.8 Å². The summed E-state index contributed by atoms with van der Waals surface area (Å²) in [4.78, 5) is 0. The van der Waals surface area contributed by atoms with Crippen LogP contribution in [0.5, 0.6) is 0 Å². The normalized spacial score (nSPS) is 16.1. The Morgan fingerprint density at radius 2 is 2.19 bits per heavy atom. The maximum atomic E-state index is 6.09. The second-order valence-corrected chi connectivity index (χ2v) is 6.57. The molecule has 1 aliphatic carbocycles. The second kappa shape index (κ2) is 9.45. The van der Waals surface area contributed by atoms with Crippen LogP contribution in [0.1, 0.15) is 44.6 Å². The molecule has 0 aromatic heterocycles. The SMILES string of the molecule is CCCCOCCC(CNC1CC1)Cc1cccc(Cl)c1. The molecule has 0 heterocycles. The summed E-state index contributed by atoms with van der Waals surface area (Å²) in [7, 11) is 0. The van der Waals surface area contributed by atoms with Crippen LogP contribution in [0.3, 0.4) is 0 Å². The first-order valence-electron chi connectivity index (χ1n) is 8.33. The van der Waals surface area contributed by atoms with Crippen LogP contribution in [0.15, 0.2) is 24.3 Å². The van der Waals surface area contributed by atoms with Gasteiger partial charge in [0.1, 0.15) is 0 Å². The Labute approximate surface area is 134 Å². The van der Waals surface area contributed by atoms with Crippen molar-refractivity contribution in [3.05, 3.63) is 34.9 Å². The molecular formula is C18H28ClNO. The number of rotatable bonds is 11. The lowest BCUT2D eigenvalue weighted by atomic mass is 9.96. The first-order valence-corrected chi connectivity index (χ1v) is 8.71. The van der Waals surface area contributed by atoms with Crippen LogP contribution in [-0.2, 0) is 11.2 Å². The average molecular weight is 310 g/mol. The van der Waals surface area contributed by atoms with E-state index in [1.54, 1.807) is 0 Å². The molecule has 1 fully saturated rings. The van der Waals surface area contributed by atoms with E-state index < -0.39 is 0 Å². The third kappa shape index (κ3) is 7.30. The van der Waals surface area contributed by atoms with Crippen molar-refractivity contribution in [3.8, 4) is 0 Å². The molecule has 0 saturated heterocycles. The van der Waals surface area contributed by atoms with Gasteiger partial charge in [-0.3, -0.25) is 0 Å². The van der Waals surface area contributed by atoms with Gasteiger partial charge in [0.05, 0.1) is 0 Å². The molecule has 0 radical (unpaired) electrons. The summed E-state index contributed by atoms with van der Waals surface area (Å²) in [6.45, 7) is 5.06. The van der Waals surface area contributed by atoms with Crippen LogP contribution in [0.4, 0.5) is 0 Å². The van der Waals surface area contributed by atoms with Gasteiger partial charge in [-0.05, 0) is 62.3 Å². The lowest BCUT2D eigenvalue weighted by molar-refractivity contribution is 0.117. The van der Waals surface area contributed by atoms with Crippen molar-refractivity contribution in [2.45, 2.75) is 51.5 Å². The molecule has 0 aliphatic heterocycles. The molecule has 1 aliphatic rings. The molecular weight excluding hydrogens is 282 g/mol. The highest BCUT2D eigenvalue weighted by Gasteiger charge is 2.22. The zero-order chi connectivity index (χ0) is 14.9. The zero-order valence-electron chi connectivity index (χ0n) is 13.1. The Hall–Kier alpha value is -0.570. The number of nitrogens with one attached hydrogen (secondary N) is 1. The topological polar surface area (TPSA) is 21.3 Å². The Morgan fingerprint density at radius 1 is 1.33 bits per heavy atom. The predicted octanol–water partition coefficient (Wildman–Crippen LogP) is 4.46. The van der Waals surface area contributed by atoms with Crippen LogP contribution in [0.25, 0.3) is 0 Å².